The molecule has 114 valence electrons. The SMILES string of the molecule is Cc1c(C(CN)N2CCN(CC(C)C)CC2)cnn1C. The summed E-state index contributed by atoms with van der Waals surface area (Å²) in [5, 5.41) is 4.36. The van der Waals surface area contributed by atoms with E-state index in [1.807, 2.05) is 17.9 Å². The number of hydrogen-bond acceptors (Lipinski definition) is 4. The molecule has 2 rings (SSSR count). The maximum absolute atomic E-state index is 6.04. The number of rotatable bonds is 5. The summed E-state index contributed by atoms with van der Waals surface area (Å²) in [7, 11) is 1.99. The summed E-state index contributed by atoms with van der Waals surface area (Å²) in [5.41, 5.74) is 8.55. The van der Waals surface area contributed by atoms with Crippen molar-refractivity contribution in [2.24, 2.45) is 18.7 Å². The predicted molar refractivity (Wildman–Crippen MR) is 82.6 cm³/mol. The highest BCUT2D eigenvalue weighted by molar-refractivity contribution is 5.21. The molecule has 2 heterocycles. The largest absolute Gasteiger partial charge is 0.329 e. The summed E-state index contributed by atoms with van der Waals surface area (Å²) in [6, 6.07) is 0.310. The van der Waals surface area contributed by atoms with E-state index in [4.69, 9.17) is 5.73 Å². The van der Waals surface area contributed by atoms with Gasteiger partial charge in [0.05, 0.1) is 12.2 Å². The monoisotopic (exact) mass is 279 g/mol. The van der Waals surface area contributed by atoms with Crippen molar-refractivity contribution in [3.63, 3.8) is 0 Å². The zero-order chi connectivity index (χ0) is 14.7. The maximum atomic E-state index is 6.04. The third-order valence-electron chi connectivity index (χ3n) is 4.33. The van der Waals surface area contributed by atoms with Crippen LogP contribution in [-0.4, -0.2) is 58.8 Å². The van der Waals surface area contributed by atoms with Crippen molar-refractivity contribution in [3.8, 4) is 0 Å². The minimum atomic E-state index is 0.310. The van der Waals surface area contributed by atoms with Crippen molar-refractivity contribution in [1.29, 1.82) is 0 Å². The van der Waals surface area contributed by atoms with Crippen molar-refractivity contribution < 1.29 is 0 Å². The fraction of sp³-hybridized carbons (Fsp3) is 0.800. The highest BCUT2D eigenvalue weighted by Gasteiger charge is 2.26. The van der Waals surface area contributed by atoms with E-state index in [9.17, 15) is 0 Å². The minimum Gasteiger partial charge on any atom is -0.329 e. The molecule has 0 aromatic carbocycles. The third-order valence-corrected chi connectivity index (χ3v) is 4.33. The average molecular weight is 279 g/mol. The van der Waals surface area contributed by atoms with Crippen molar-refractivity contribution in [2.75, 3.05) is 39.3 Å². The Morgan fingerprint density at radius 2 is 1.90 bits per heavy atom. The number of aromatic nitrogens is 2. The Labute approximate surface area is 122 Å². The number of piperazine rings is 1. The van der Waals surface area contributed by atoms with Gasteiger partial charge in [0.15, 0.2) is 0 Å². The van der Waals surface area contributed by atoms with Gasteiger partial charge in [-0.3, -0.25) is 9.58 Å². The molecule has 1 fully saturated rings. The standard InChI is InChI=1S/C15H29N5/c1-12(2)11-19-5-7-20(8-6-19)15(9-16)14-10-17-18(4)13(14)3/h10,12,15H,5-9,11,16H2,1-4H3. The van der Waals surface area contributed by atoms with Gasteiger partial charge in [0.25, 0.3) is 0 Å². The van der Waals surface area contributed by atoms with Gasteiger partial charge in [-0.1, -0.05) is 13.8 Å². The molecular weight excluding hydrogens is 250 g/mol. The molecule has 0 bridgehead atoms. The zero-order valence-corrected chi connectivity index (χ0v) is 13.3. The average Bonchev–Trinajstić information content (AvgIpc) is 2.73. The van der Waals surface area contributed by atoms with Gasteiger partial charge in [-0.25, -0.2) is 0 Å². The van der Waals surface area contributed by atoms with Gasteiger partial charge < -0.3 is 10.6 Å². The molecule has 1 aromatic rings. The molecule has 0 saturated carbocycles. The highest BCUT2D eigenvalue weighted by atomic mass is 15.3. The first-order chi connectivity index (χ1) is 9.52. The second-order valence-electron chi connectivity index (χ2n) is 6.29. The molecule has 1 aromatic heterocycles. The second-order valence-corrected chi connectivity index (χ2v) is 6.29. The molecular formula is C15H29N5. The van der Waals surface area contributed by atoms with Crippen LogP contribution in [0.5, 0.6) is 0 Å². The molecule has 2 N–H and O–H groups in total. The van der Waals surface area contributed by atoms with Crippen LogP contribution in [0, 0.1) is 12.8 Å². The maximum Gasteiger partial charge on any atom is 0.0540 e. The second kappa shape index (κ2) is 6.70. The summed E-state index contributed by atoms with van der Waals surface area (Å²) in [6.45, 7) is 13.1. The fourth-order valence-electron chi connectivity index (χ4n) is 3.09. The van der Waals surface area contributed by atoms with Crippen molar-refractivity contribution in [3.05, 3.63) is 17.5 Å². The lowest BCUT2D eigenvalue weighted by Gasteiger charge is -2.39. The summed E-state index contributed by atoms with van der Waals surface area (Å²) >= 11 is 0. The van der Waals surface area contributed by atoms with Crippen LogP contribution in [0.2, 0.25) is 0 Å². The Hall–Kier alpha value is -0.910. The molecule has 5 heteroatoms. The van der Waals surface area contributed by atoms with E-state index < -0.39 is 0 Å². The van der Waals surface area contributed by atoms with E-state index in [1.54, 1.807) is 0 Å². The third kappa shape index (κ3) is 3.40. The van der Waals surface area contributed by atoms with Gasteiger partial charge in [0.1, 0.15) is 0 Å². The van der Waals surface area contributed by atoms with E-state index in [0.717, 1.165) is 32.1 Å². The van der Waals surface area contributed by atoms with E-state index in [1.165, 1.54) is 17.8 Å². The Morgan fingerprint density at radius 1 is 1.25 bits per heavy atom. The van der Waals surface area contributed by atoms with Gasteiger partial charge in [0, 0.05) is 57.6 Å². The summed E-state index contributed by atoms with van der Waals surface area (Å²) in [6.07, 6.45) is 1.98. The molecule has 5 nitrogen and oxygen atoms in total. The Kier molecular flexibility index (Phi) is 5.18. The summed E-state index contributed by atoms with van der Waals surface area (Å²) in [4.78, 5) is 5.08. The van der Waals surface area contributed by atoms with Crippen LogP contribution >= 0.6 is 0 Å². The number of hydrogen-bond donors (Lipinski definition) is 1. The molecule has 0 aliphatic carbocycles. The van der Waals surface area contributed by atoms with E-state index in [2.05, 4.69) is 35.7 Å². The van der Waals surface area contributed by atoms with Crippen LogP contribution < -0.4 is 5.73 Å². The topological polar surface area (TPSA) is 50.3 Å². The predicted octanol–water partition coefficient (Wildman–Crippen LogP) is 1.00. The first-order valence-electron chi connectivity index (χ1n) is 7.68. The van der Waals surface area contributed by atoms with Crippen LogP contribution in [-0.2, 0) is 7.05 Å². The summed E-state index contributed by atoms with van der Waals surface area (Å²) < 4.78 is 1.94. The normalized spacial score (nSPS) is 19.7. The molecule has 1 unspecified atom stereocenters. The van der Waals surface area contributed by atoms with E-state index in [-0.39, 0.29) is 0 Å². The van der Waals surface area contributed by atoms with Gasteiger partial charge >= 0.3 is 0 Å². The number of nitrogens with zero attached hydrogens (tertiary/aromatic N) is 4. The quantitative estimate of drug-likeness (QED) is 0.874. The van der Waals surface area contributed by atoms with Gasteiger partial charge in [0.2, 0.25) is 0 Å². The van der Waals surface area contributed by atoms with Crippen molar-refractivity contribution in [2.45, 2.75) is 26.8 Å². The van der Waals surface area contributed by atoms with Crippen LogP contribution in [0.25, 0.3) is 0 Å². The van der Waals surface area contributed by atoms with E-state index >= 15 is 0 Å². The molecule has 1 atom stereocenters. The molecule has 1 saturated heterocycles. The minimum absolute atomic E-state index is 0.310. The lowest BCUT2D eigenvalue weighted by Crippen LogP contribution is -2.49. The van der Waals surface area contributed by atoms with Crippen LogP contribution in [0.4, 0.5) is 0 Å². The lowest BCUT2D eigenvalue weighted by molar-refractivity contribution is 0.0910. The summed E-state index contributed by atoms with van der Waals surface area (Å²) in [5.74, 6) is 0.743. The Bertz CT molecular complexity index is 418. The fourth-order valence-corrected chi connectivity index (χ4v) is 3.09. The molecule has 1 aliphatic rings. The molecule has 0 radical (unpaired) electrons. The first kappa shape index (κ1) is 15.5. The molecule has 20 heavy (non-hydrogen) atoms. The number of nitrogens with two attached hydrogens (primary N) is 1. The van der Waals surface area contributed by atoms with E-state index in [0.29, 0.717) is 12.6 Å². The smallest absolute Gasteiger partial charge is 0.0540 e. The number of aryl methyl sites for hydroxylation is 1. The van der Waals surface area contributed by atoms with Crippen molar-refractivity contribution in [1.82, 2.24) is 19.6 Å². The van der Waals surface area contributed by atoms with Gasteiger partial charge in [-0.2, -0.15) is 5.10 Å². The zero-order valence-electron chi connectivity index (χ0n) is 13.3. The van der Waals surface area contributed by atoms with Gasteiger partial charge in [-0.15, -0.1) is 0 Å². The van der Waals surface area contributed by atoms with Gasteiger partial charge in [-0.05, 0) is 12.8 Å². The Balaban J connectivity index is 1.99. The van der Waals surface area contributed by atoms with Crippen LogP contribution in [0.15, 0.2) is 6.20 Å². The molecule has 0 amide bonds. The van der Waals surface area contributed by atoms with Crippen molar-refractivity contribution >= 4 is 0 Å². The first-order valence-corrected chi connectivity index (χ1v) is 7.68. The Morgan fingerprint density at radius 3 is 2.35 bits per heavy atom. The van der Waals surface area contributed by atoms with Crippen LogP contribution in [0.3, 0.4) is 0 Å². The lowest BCUT2D eigenvalue weighted by atomic mass is 10.1. The molecule has 0 spiro atoms. The highest BCUT2D eigenvalue weighted by Crippen LogP contribution is 2.23. The van der Waals surface area contributed by atoms with Crippen LogP contribution in [0.1, 0.15) is 31.1 Å². The molecule has 1 aliphatic heterocycles.